The molecule has 234 valence electrons. The summed E-state index contributed by atoms with van der Waals surface area (Å²) in [7, 11) is 1.55. The number of carbonyl (C=O) groups is 3. The van der Waals surface area contributed by atoms with E-state index in [0.717, 1.165) is 74.5 Å². The van der Waals surface area contributed by atoms with E-state index in [1.165, 1.54) is 17.0 Å². The molecular weight excluding hydrogens is 549 g/mol. The van der Waals surface area contributed by atoms with Crippen molar-refractivity contribution in [2.45, 2.75) is 96.3 Å². The van der Waals surface area contributed by atoms with Gasteiger partial charge in [-0.05, 0) is 79.8 Å². The Morgan fingerprint density at radius 2 is 1.91 bits per heavy atom. The van der Waals surface area contributed by atoms with E-state index in [9.17, 15) is 18.8 Å². The van der Waals surface area contributed by atoms with E-state index in [-0.39, 0.29) is 36.1 Å². The first-order valence-corrected chi connectivity index (χ1v) is 15.7. The van der Waals surface area contributed by atoms with Crippen LogP contribution in [0.25, 0.3) is 11.1 Å². The molecule has 0 spiro atoms. The Balaban J connectivity index is 1.54. The maximum Gasteiger partial charge on any atom is 0.410 e. The third-order valence-electron chi connectivity index (χ3n) is 8.94. The van der Waals surface area contributed by atoms with Gasteiger partial charge in [0.25, 0.3) is 0 Å². The molecule has 2 aromatic rings. The summed E-state index contributed by atoms with van der Waals surface area (Å²) >= 11 is 0. The van der Waals surface area contributed by atoms with Crippen molar-refractivity contribution in [2.75, 3.05) is 20.2 Å². The second-order valence-electron chi connectivity index (χ2n) is 11.8. The number of carbonyl (C=O) groups excluding carboxylic acids is 3. The Bertz CT molecular complexity index is 1270. The van der Waals surface area contributed by atoms with Gasteiger partial charge < -0.3 is 20.7 Å². The summed E-state index contributed by atoms with van der Waals surface area (Å²) in [5.74, 6) is -0.788. The summed E-state index contributed by atoms with van der Waals surface area (Å²) < 4.78 is 19.2. The number of likely N-dealkylation sites (N-methyl/N-ethyl adjacent to an activating group) is 1. The van der Waals surface area contributed by atoms with Crippen LogP contribution in [-0.2, 0) is 20.9 Å². The molecule has 1 aliphatic heterocycles. The highest BCUT2D eigenvalue weighted by molar-refractivity contribution is 5.91. The van der Waals surface area contributed by atoms with Gasteiger partial charge in [-0.15, -0.1) is 0 Å². The highest BCUT2D eigenvalue weighted by Crippen LogP contribution is 2.36. The zero-order chi connectivity index (χ0) is 30.9. The maximum absolute atomic E-state index is 14.3. The Kier molecular flexibility index (Phi) is 11.5. The topological polar surface area (TPSA) is 118 Å². The fraction of sp³-hybridized carbons (Fsp3) is 0.576. The Hall–Kier alpha value is -3.53. The number of halogens is 1. The van der Waals surface area contributed by atoms with Crippen LogP contribution in [0.3, 0.4) is 0 Å². The molecule has 0 radical (unpaired) electrons. The molecule has 3 atom stereocenters. The van der Waals surface area contributed by atoms with Crippen molar-refractivity contribution >= 4 is 17.9 Å². The predicted molar refractivity (Wildman–Crippen MR) is 163 cm³/mol. The molecule has 2 fully saturated rings. The molecule has 3 amide bonds. The molecule has 0 unspecified atom stereocenters. The van der Waals surface area contributed by atoms with Crippen LogP contribution < -0.4 is 11.1 Å². The van der Waals surface area contributed by atoms with Gasteiger partial charge in [0.15, 0.2) is 0 Å². The first-order valence-electron chi connectivity index (χ1n) is 15.7. The molecule has 1 aliphatic carbocycles. The van der Waals surface area contributed by atoms with E-state index < -0.39 is 18.2 Å². The van der Waals surface area contributed by atoms with Crippen molar-refractivity contribution in [1.82, 2.24) is 20.1 Å². The Morgan fingerprint density at radius 3 is 2.63 bits per heavy atom. The van der Waals surface area contributed by atoms with Gasteiger partial charge in [-0.2, -0.15) is 0 Å². The Labute approximate surface area is 254 Å². The van der Waals surface area contributed by atoms with Gasteiger partial charge in [-0.25, -0.2) is 9.18 Å². The molecule has 9 nitrogen and oxygen atoms in total. The molecule has 0 bridgehead atoms. The van der Waals surface area contributed by atoms with Crippen molar-refractivity contribution in [1.29, 1.82) is 0 Å². The number of nitrogens with one attached hydrogen (secondary N) is 1. The van der Waals surface area contributed by atoms with Gasteiger partial charge >= 0.3 is 6.09 Å². The summed E-state index contributed by atoms with van der Waals surface area (Å²) in [5, 5.41) is 3.05. The third-order valence-corrected chi connectivity index (χ3v) is 8.94. The van der Waals surface area contributed by atoms with Crippen molar-refractivity contribution in [2.24, 2.45) is 11.7 Å². The standard InChI is InChI=1S/C33H46FN5O4/c1-4-5-16-43-33(42)38(3)22(2)31(40)37-30(23-10-7-6-8-11-23)32(41)39-15-9-12-29(39)26-17-25(20-36-21-26)28-14-13-27(34)18-24(28)19-35/h13-14,17-18,20-23,29-30H,4-12,15-16,19,35H2,1-3H3,(H,37,40)/t22-,29-,30-/m0/s1. The van der Waals surface area contributed by atoms with Crippen molar-refractivity contribution in [3.63, 3.8) is 0 Å². The van der Waals surface area contributed by atoms with Crippen LogP contribution in [0.1, 0.15) is 88.8 Å². The quantitative estimate of drug-likeness (QED) is 0.339. The van der Waals surface area contributed by atoms with Crippen molar-refractivity contribution in [3.8, 4) is 11.1 Å². The summed E-state index contributed by atoms with van der Waals surface area (Å²) in [6.45, 7) is 4.74. The van der Waals surface area contributed by atoms with Crippen LogP contribution in [0, 0.1) is 11.7 Å². The smallest absolute Gasteiger partial charge is 0.410 e. The monoisotopic (exact) mass is 595 g/mol. The number of ether oxygens (including phenoxy) is 1. The van der Waals surface area contributed by atoms with E-state index in [0.29, 0.717) is 18.7 Å². The summed E-state index contributed by atoms with van der Waals surface area (Å²) in [5.41, 5.74) is 9.12. The number of hydrogen-bond acceptors (Lipinski definition) is 6. The highest BCUT2D eigenvalue weighted by Gasteiger charge is 2.40. The zero-order valence-corrected chi connectivity index (χ0v) is 25.7. The van der Waals surface area contributed by atoms with Gasteiger partial charge in [0, 0.05) is 38.1 Å². The molecule has 1 aromatic heterocycles. The fourth-order valence-corrected chi connectivity index (χ4v) is 6.22. The SMILES string of the molecule is CCCCOC(=O)N(C)[C@@H](C)C(=O)N[C@H](C(=O)N1CCC[C@H]1c1cncc(-c2ccc(F)cc2CN)c1)C1CCCCC1. The van der Waals surface area contributed by atoms with E-state index >= 15 is 0 Å². The maximum atomic E-state index is 14.3. The second-order valence-corrected chi connectivity index (χ2v) is 11.8. The van der Waals surface area contributed by atoms with Crippen LogP contribution in [-0.4, -0.2) is 65.0 Å². The van der Waals surface area contributed by atoms with E-state index in [1.54, 1.807) is 32.4 Å². The first kappa shape index (κ1) is 32.4. The number of nitrogens with zero attached hydrogens (tertiary/aromatic N) is 3. The van der Waals surface area contributed by atoms with Gasteiger partial charge in [0.2, 0.25) is 11.8 Å². The van der Waals surface area contributed by atoms with Crippen LogP contribution in [0.2, 0.25) is 0 Å². The number of pyridine rings is 1. The second kappa shape index (κ2) is 15.3. The predicted octanol–water partition coefficient (Wildman–Crippen LogP) is 5.33. The molecule has 43 heavy (non-hydrogen) atoms. The zero-order valence-electron chi connectivity index (χ0n) is 25.7. The molecule has 4 rings (SSSR count). The van der Waals surface area contributed by atoms with Crippen molar-refractivity contribution in [3.05, 3.63) is 53.6 Å². The first-order chi connectivity index (χ1) is 20.7. The van der Waals surface area contributed by atoms with Gasteiger partial charge in [0.05, 0.1) is 12.6 Å². The van der Waals surface area contributed by atoms with Crippen LogP contribution in [0.4, 0.5) is 9.18 Å². The minimum absolute atomic E-state index is 0.0243. The van der Waals surface area contributed by atoms with E-state index in [4.69, 9.17) is 10.5 Å². The lowest BCUT2D eigenvalue weighted by atomic mass is 9.83. The van der Waals surface area contributed by atoms with Crippen LogP contribution >= 0.6 is 0 Å². The fourth-order valence-electron chi connectivity index (χ4n) is 6.22. The summed E-state index contributed by atoms with van der Waals surface area (Å²) in [6.07, 6.45) is 11.1. The van der Waals surface area contributed by atoms with Gasteiger partial charge in [-0.3, -0.25) is 19.5 Å². The number of likely N-dealkylation sites (tertiary alicyclic amines) is 1. The molecular formula is C33H46FN5O4. The third kappa shape index (κ3) is 7.90. The molecule has 1 aromatic carbocycles. The van der Waals surface area contributed by atoms with E-state index in [2.05, 4.69) is 10.3 Å². The lowest BCUT2D eigenvalue weighted by molar-refractivity contribution is -0.140. The lowest BCUT2D eigenvalue weighted by Gasteiger charge is -2.36. The number of unbranched alkanes of at least 4 members (excludes halogenated alkanes) is 1. The lowest BCUT2D eigenvalue weighted by Crippen LogP contribution is -2.56. The molecule has 10 heteroatoms. The molecule has 2 heterocycles. The van der Waals surface area contributed by atoms with Crippen molar-refractivity contribution < 1.29 is 23.5 Å². The average Bonchev–Trinajstić information content (AvgIpc) is 3.53. The number of hydrogen-bond donors (Lipinski definition) is 2. The van der Waals surface area contributed by atoms with E-state index in [1.807, 2.05) is 17.9 Å². The molecule has 3 N–H and O–H groups in total. The molecule has 1 saturated carbocycles. The number of aromatic nitrogens is 1. The normalized spacial score (nSPS) is 18.6. The average molecular weight is 596 g/mol. The largest absolute Gasteiger partial charge is 0.449 e. The van der Waals surface area contributed by atoms with Crippen LogP contribution in [0.15, 0.2) is 36.7 Å². The number of benzene rings is 1. The highest BCUT2D eigenvalue weighted by atomic mass is 19.1. The molecule has 1 saturated heterocycles. The van der Waals surface area contributed by atoms with Gasteiger partial charge in [0.1, 0.15) is 17.9 Å². The van der Waals surface area contributed by atoms with Crippen LogP contribution in [0.5, 0.6) is 0 Å². The summed E-state index contributed by atoms with van der Waals surface area (Å²) in [6, 6.07) is 4.89. The molecule has 2 aliphatic rings. The van der Waals surface area contributed by atoms with Gasteiger partial charge in [-0.1, -0.05) is 38.7 Å². The summed E-state index contributed by atoms with van der Waals surface area (Å²) in [4.78, 5) is 47.9. The number of rotatable bonds is 11. The minimum atomic E-state index is -0.796. The number of amides is 3. The Morgan fingerprint density at radius 1 is 1.14 bits per heavy atom. The minimum Gasteiger partial charge on any atom is -0.449 e. The number of nitrogens with two attached hydrogens (primary N) is 1.